The van der Waals surface area contributed by atoms with Gasteiger partial charge in [-0.3, -0.25) is 0 Å². The van der Waals surface area contributed by atoms with Crippen LogP contribution in [-0.4, -0.2) is 19.7 Å². The molecule has 0 unspecified atom stereocenters. The highest BCUT2D eigenvalue weighted by Crippen LogP contribution is 2.31. The van der Waals surface area contributed by atoms with Crippen molar-refractivity contribution < 1.29 is 17.6 Å². The van der Waals surface area contributed by atoms with Crippen LogP contribution in [-0.2, 0) is 19.0 Å². The summed E-state index contributed by atoms with van der Waals surface area (Å²) in [6.07, 6.45) is -3.02. The van der Waals surface area contributed by atoms with Gasteiger partial charge in [0.1, 0.15) is 6.26 Å². The maximum Gasteiger partial charge on any atom is 0.451 e. The van der Waals surface area contributed by atoms with Gasteiger partial charge in [0.2, 0.25) is 11.7 Å². The summed E-state index contributed by atoms with van der Waals surface area (Å²) in [6.45, 7) is 3.98. The Morgan fingerprint density at radius 1 is 1.20 bits per heavy atom. The van der Waals surface area contributed by atoms with Crippen LogP contribution < -0.4 is 0 Å². The Hall–Kier alpha value is -2.29. The lowest BCUT2D eigenvalue weighted by Crippen LogP contribution is -2.12. The molecule has 3 aromatic rings. The molecule has 2 heterocycles. The first-order chi connectivity index (χ1) is 11.8. The van der Waals surface area contributed by atoms with Crippen molar-refractivity contribution in [2.45, 2.75) is 30.9 Å². The van der Waals surface area contributed by atoms with Gasteiger partial charge in [-0.1, -0.05) is 29.5 Å². The molecule has 0 aliphatic carbocycles. The van der Waals surface area contributed by atoms with Gasteiger partial charge < -0.3 is 8.98 Å². The predicted octanol–water partition coefficient (Wildman–Crippen LogP) is 4.40. The first-order valence-electron chi connectivity index (χ1n) is 7.37. The zero-order valence-electron chi connectivity index (χ0n) is 13.8. The third-order valence-corrected chi connectivity index (χ3v) is 4.66. The number of benzene rings is 1. The molecule has 0 amide bonds. The van der Waals surface area contributed by atoms with E-state index in [1.54, 1.807) is 0 Å². The molecule has 132 valence electrons. The summed E-state index contributed by atoms with van der Waals surface area (Å²) in [5.41, 5.74) is 3.70. The number of oxazole rings is 1. The van der Waals surface area contributed by atoms with E-state index >= 15 is 0 Å². The van der Waals surface area contributed by atoms with Crippen LogP contribution in [0.5, 0.6) is 0 Å². The second kappa shape index (κ2) is 6.55. The van der Waals surface area contributed by atoms with E-state index in [2.05, 4.69) is 15.2 Å². The van der Waals surface area contributed by atoms with E-state index in [0.29, 0.717) is 17.3 Å². The molecule has 9 heteroatoms. The zero-order valence-corrected chi connectivity index (χ0v) is 14.6. The number of halogens is 3. The molecule has 3 rings (SSSR count). The number of aryl methyl sites for hydroxylation is 2. The molecule has 0 fully saturated rings. The van der Waals surface area contributed by atoms with Crippen LogP contribution >= 0.6 is 11.8 Å². The number of hydrogen-bond donors (Lipinski definition) is 0. The van der Waals surface area contributed by atoms with Crippen LogP contribution in [0.2, 0.25) is 0 Å². The Balaban J connectivity index is 1.73. The molecule has 0 N–H and O–H groups in total. The SMILES string of the molecule is Cc1ccc(-c2nc(CSc3nnc(C(F)(F)F)n3C)co2)c(C)c1. The molecule has 0 aliphatic rings. The van der Waals surface area contributed by atoms with Crippen molar-refractivity contribution >= 4 is 11.8 Å². The normalized spacial score (nSPS) is 11.9. The van der Waals surface area contributed by atoms with Gasteiger partial charge in [-0.15, -0.1) is 10.2 Å². The molecule has 0 atom stereocenters. The van der Waals surface area contributed by atoms with Crippen LogP contribution in [0.4, 0.5) is 13.2 Å². The van der Waals surface area contributed by atoms with E-state index in [1.807, 2.05) is 32.0 Å². The van der Waals surface area contributed by atoms with Crippen molar-refractivity contribution in [2.75, 3.05) is 0 Å². The van der Waals surface area contributed by atoms with Gasteiger partial charge >= 0.3 is 6.18 Å². The summed E-state index contributed by atoms with van der Waals surface area (Å²) in [4.78, 5) is 4.40. The number of thioether (sulfide) groups is 1. The van der Waals surface area contributed by atoms with E-state index in [-0.39, 0.29) is 5.16 Å². The molecular formula is C16H15F3N4OS. The van der Waals surface area contributed by atoms with Gasteiger partial charge in [0, 0.05) is 18.4 Å². The second-order valence-electron chi connectivity index (χ2n) is 5.61. The standard InChI is InChI=1S/C16H15F3N4OS/c1-9-4-5-12(10(2)6-9)13-20-11(7-24-13)8-25-15-22-21-14(23(15)3)16(17,18)19/h4-7H,8H2,1-3H3. The molecule has 0 saturated heterocycles. The van der Waals surface area contributed by atoms with Crippen molar-refractivity contribution in [3.63, 3.8) is 0 Å². The topological polar surface area (TPSA) is 56.7 Å². The fourth-order valence-electron chi connectivity index (χ4n) is 2.38. The van der Waals surface area contributed by atoms with Crippen molar-refractivity contribution in [2.24, 2.45) is 7.05 Å². The molecule has 25 heavy (non-hydrogen) atoms. The second-order valence-corrected chi connectivity index (χ2v) is 6.56. The van der Waals surface area contributed by atoms with E-state index in [0.717, 1.165) is 33.0 Å². The van der Waals surface area contributed by atoms with Crippen molar-refractivity contribution in [1.82, 2.24) is 19.7 Å². The zero-order chi connectivity index (χ0) is 18.2. The van der Waals surface area contributed by atoms with E-state index in [9.17, 15) is 13.2 Å². The van der Waals surface area contributed by atoms with Gasteiger partial charge in [0.15, 0.2) is 5.16 Å². The Kier molecular flexibility index (Phi) is 4.59. The summed E-state index contributed by atoms with van der Waals surface area (Å²) in [6, 6.07) is 5.94. The van der Waals surface area contributed by atoms with Crippen LogP contribution in [0.3, 0.4) is 0 Å². The minimum atomic E-state index is -4.52. The number of rotatable bonds is 4. The third kappa shape index (κ3) is 3.71. The highest BCUT2D eigenvalue weighted by molar-refractivity contribution is 7.98. The Morgan fingerprint density at radius 2 is 1.96 bits per heavy atom. The molecule has 0 spiro atoms. The summed E-state index contributed by atoms with van der Waals surface area (Å²) >= 11 is 1.12. The maximum atomic E-state index is 12.7. The molecule has 2 aromatic heterocycles. The van der Waals surface area contributed by atoms with Gasteiger partial charge in [-0.25, -0.2) is 4.98 Å². The van der Waals surface area contributed by atoms with Crippen LogP contribution in [0, 0.1) is 13.8 Å². The van der Waals surface area contributed by atoms with Gasteiger partial charge in [-0.05, 0) is 25.5 Å². The van der Waals surface area contributed by atoms with Crippen LogP contribution in [0.25, 0.3) is 11.5 Å². The van der Waals surface area contributed by atoms with E-state index in [1.165, 1.54) is 13.3 Å². The van der Waals surface area contributed by atoms with Crippen molar-refractivity contribution in [3.05, 3.63) is 47.1 Å². The third-order valence-electron chi connectivity index (χ3n) is 3.60. The van der Waals surface area contributed by atoms with Crippen molar-refractivity contribution in [1.29, 1.82) is 0 Å². The average Bonchev–Trinajstić information content (AvgIpc) is 3.11. The molecule has 0 saturated carbocycles. The smallest absolute Gasteiger partial charge is 0.444 e. The predicted molar refractivity (Wildman–Crippen MR) is 87.0 cm³/mol. The lowest BCUT2D eigenvalue weighted by atomic mass is 10.1. The first kappa shape index (κ1) is 17.5. The summed E-state index contributed by atoms with van der Waals surface area (Å²) in [5.74, 6) is -0.203. The number of hydrogen-bond acceptors (Lipinski definition) is 5. The Morgan fingerprint density at radius 3 is 2.60 bits per heavy atom. The van der Waals surface area contributed by atoms with Gasteiger partial charge in [0.05, 0.1) is 5.69 Å². The number of aromatic nitrogens is 4. The lowest BCUT2D eigenvalue weighted by molar-refractivity contribution is -0.147. The minimum absolute atomic E-state index is 0.170. The van der Waals surface area contributed by atoms with Gasteiger partial charge in [-0.2, -0.15) is 13.2 Å². The number of alkyl halides is 3. The van der Waals surface area contributed by atoms with Gasteiger partial charge in [0.25, 0.3) is 0 Å². The minimum Gasteiger partial charge on any atom is -0.444 e. The quantitative estimate of drug-likeness (QED) is 0.639. The number of nitrogens with zero attached hydrogens (tertiary/aromatic N) is 4. The molecular weight excluding hydrogens is 353 g/mol. The monoisotopic (exact) mass is 368 g/mol. The van der Waals surface area contributed by atoms with Crippen LogP contribution in [0.15, 0.2) is 34.0 Å². The highest BCUT2D eigenvalue weighted by atomic mass is 32.2. The molecule has 0 radical (unpaired) electrons. The Bertz CT molecular complexity index is 901. The van der Waals surface area contributed by atoms with E-state index in [4.69, 9.17) is 4.42 Å². The lowest BCUT2D eigenvalue weighted by Gasteiger charge is -2.05. The first-order valence-corrected chi connectivity index (χ1v) is 8.35. The summed E-state index contributed by atoms with van der Waals surface area (Å²) in [7, 11) is 1.29. The fourth-order valence-corrected chi connectivity index (χ4v) is 3.16. The summed E-state index contributed by atoms with van der Waals surface area (Å²) in [5, 5.41) is 6.95. The average molecular weight is 368 g/mol. The van der Waals surface area contributed by atoms with E-state index < -0.39 is 12.0 Å². The Labute approximate surface area is 146 Å². The molecule has 0 bridgehead atoms. The highest BCUT2D eigenvalue weighted by Gasteiger charge is 2.37. The maximum absolute atomic E-state index is 12.7. The molecule has 1 aromatic carbocycles. The van der Waals surface area contributed by atoms with Crippen molar-refractivity contribution in [3.8, 4) is 11.5 Å². The fraction of sp³-hybridized carbons (Fsp3) is 0.312. The van der Waals surface area contributed by atoms with Crippen LogP contribution in [0.1, 0.15) is 22.6 Å². The molecule has 0 aliphatic heterocycles. The summed E-state index contributed by atoms with van der Waals surface area (Å²) < 4.78 is 44.6. The molecule has 5 nitrogen and oxygen atoms in total. The largest absolute Gasteiger partial charge is 0.451 e.